The number of methoxy groups -OCH3 is 1. The van der Waals surface area contributed by atoms with Gasteiger partial charge in [0.25, 0.3) is 0 Å². The molecule has 0 fully saturated rings. The van der Waals surface area contributed by atoms with Gasteiger partial charge >= 0.3 is 6.01 Å². The molecule has 0 saturated carbocycles. The molecule has 3 N–H and O–H groups in total. The van der Waals surface area contributed by atoms with E-state index in [-0.39, 0.29) is 12.0 Å². The van der Waals surface area contributed by atoms with Gasteiger partial charge in [-0.05, 0) is 31.7 Å². The number of hydrogen-bond donors (Lipinski definition) is 2. The van der Waals surface area contributed by atoms with Gasteiger partial charge in [-0.2, -0.15) is 15.0 Å². The van der Waals surface area contributed by atoms with Crippen LogP contribution in [0.5, 0.6) is 6.01 Å². The summed E-state index contributed by atoms with van der Waals surface area (Å²) in [7, 11) is 1.47. The van der Waals surface area contributed by atoms with Crippen molar-refractivity contribution in [3.63, 3.8) is 0 Å². The molecule has 0 unspecified atom stereocenters. The number of hydrogen-bond acceptors (Lipinski definition) is 9. The Morgan fingerprint density at radius 2 is 1.68 bits per heavy atom. The van der Waals surface area contributed by atoms with E-state index in [4.69, 9.17) is 10.6 Å². The van der Waals surface area contributed by atoms with Crippen LogP contribution in [0.25, 0.3) is 0 Å². The highest BCUT2D eigenvalue weighted by Crippen LogP contribution is 2.23. The normalized spacial score (nSPS) is 10.3. The highest BCUT2D eigenvalue weighted by molar-refractivity contribution is 7.99. The van der Waals surface area contributed by atoms with Crippen molar-refractivity contribution >= 4 is 17.7 Å². The van der Waals surface area contributed by atoms with E-state index in [1.54, 1.807) is 0 Å². The molecule has 0 amide bonds. The van der Waals surface area contributed by atoms with Crippen molar-refractivity contribution in [1.82, 2.24) is 24.9 Å². The second-order valence-electron chi connectivity index (χ2n) is 3.61. The smallest absolute Gasteiger partial charge is 0.322 e. The lowest BCUT2D eigenvalue weighted by Gasteiger charge is -2.05. The average molecular weight is 279 g/mol. The lowest BCUT2D eigenvalue weighted by molar-refractivity contribution is 0.373. The largest absolute Gasteiger partial charge is 0.467 e. The molecule has 2 rings (SSSR count). The fourth-order valence-electron chi connectivity index (χ4n) is 1.36. The van der Waals surface area contributed by atoms with Gasteiger partial charge < -0.3 is 4.74 Å². The molecular formula is C10H13N7OS. The lowest BCUT2D eigenvalue weighted by atomic mass is 10.4. The third kappa shape index (κ3) is 3.48. The summed E-state index contributed by atoms with van der Waals surface area (Å²) >= 11 is 1.21. The molecule has 0 radical (unpaired) electrons. The first kappa shape index (κ1) is 13.4. The van der Waals surface area contributed by atoms with Gasteiger partial charge in [0.05, 0.1) is 7.11 Å². The average Bonchev–Trinajstić information content (AvgIpc) is 2.37. The van der Waals surface area contributed by atoms with Gasteiger partial charge in [0.2, 0.25) is 11.1 Å². The highest BCUT2D eigenvalue weighted by Gasteiger charge is 2.10. The minimum absolute atomic E-state index is 0.176. The van der Waals surface area contributed by atoms with Crippen molar-refractivity contribution in [2.24, 2.45) is 5.84 Å². The number of rotatable bonds is 4. The van der Waals surface area contributed by atoms with E-state index in [2.05, 4.69) is 30.3 Å². The standard InChI is InChI=1S/C10H13N7OS/c1-5-4-6(2)13-9(12-5)19-10-15-7(17-11)14-8(16-10)18-3/h4H,11H2,1-3H3,(H,14,15,16,17). The molecule has 0 bridgehead atoms. The summed E-state index contributed by atoms with van der Waals surface area (Å²) in [5.41, 5.74) is 4.12. The SMILES string of the molecule is COc1nc(NN)nc(Sc2nc(C)cc(C)n2)n1. The predicted molar refractivity (Wildman–Crippen MR) is 69.8 cm³/mol. The van der Waals surface area contributed by atoms with Crippen LogP contribution in [0.1, 0.15) is 11.4 Å². The van der Waals surface area contributed by atoms with Crippen LogP contribution < -0.4 is 16.0 Å². The number of nitrogens with one attached hydrogen (secondary N) is 1. The second-order valence-corrected chi connectivity index (χ2v) is 4.54. The zero-order valence-electron chi connectivity index (χ0n) is 10.7. The number of anilines is 1. The highest BCUT2D eigenvalue weighted by atomic mass is 32.2. The van der Waals surface area contributed by atoms with Gasteiger partial charge in [-0.25, -0.2) is 15.8 Å². The first-order valence-corrected chi connectivity index (χ1v) is 6.19. The molecule has 0 atom stereocenters. The zero-order valence-corrected chi connectivity index (χ0v) is 11.5. The van der Waals surface area contributed by atoms with Crippen molar-refractivity contribution in [2.45, 2.75) is 24.2 Å². The van der Waals surface area contributed by atoms with E-state index < -0.39 is 0 Å². The van der Waals surface area contributed by atoms with Gasteiger partial charge in [0.1, 0.15) is 0 Å². The summed E-state index contributed by atoms with van der Waals surface area (Å²) in [6.45, 7) is 3.80. The molecular weight excluding hydrogens is 266 g/mol. The number of hydrazine groups is 1. The topological polar surface area (TPSA) is 112 Å². The quantitative estimate of drug-likeness (QED) is 0.475. The molecule has 9 heteroatoms. The Morgan fingerprint density at radius 3 is 2.26 bits per heavy atom. The van der Waals surface area contributed by atoms with Crippen LogP contribution in [0, 0.1) is 13.8 Å². The van der Waals surface area contributed by atoms with E-state index >= 15 is 0 Å². The Hall–Kier alpha value is -2.00. The third-order valence-electron chi connectivity index (χ3n) is 2.05. The molecule has 0 aromatic carbocycles. The Labute approximate surface area is 114 Å². The number of nitrogen functional groups attached to an aromatic ring is 1. The van der Waals surface area contributed by atoms with E-state index in [0.717, 1.165) is 11.4 Å². The molecule has 0 aliphatic carbocycles. The molecule has 100 valence electrons. The number of nitrogens with two attached hydrogens (primary N) is 1. The molecule has 0 saturated heterocycles. The summed E-state index contributed by atoms with van der Waals surface area (Å²) in [4.78, 5) is 20.7. The maximum absolute atomic E-state index is 5.29. The molecule has 19 heavy (non-hydrogen) atoms. The third-order valence-corrected chi connectivity index (χ3v) is 2.78. The first-order chi connectivity index (χ1) is 9.10. The Kier molecular flexibility index (Phi) is 4.07. The Balaban J connectivity index is 2.31. The summed E-state index contributed by atoms with van der Waals surface area (Å²) in [5.74, 6) is 5.51. The van der Waals surface area contributed by atoms with Crippen LogP contribution in [0.2, 0.25) is 0 Å². The van der Waals surface area contributed by atoms with Crippen molar-refractivity contribution in [2.75, 3.05) is 12.5 Å². The maximum atomic E-state index is 5.29. The van der Waals surface area contributed by atoms with Crippen LogP contribution in [0.15, 0.2) is 16.4 Å². The van der Waals surface area contributed by atoms with Crippen LogP contribution in [-0.4, -0.2) is 32.0 Å². The summed E-state index contributed by atoms with van der Waals surface area (Å²) in [6, 6.07) is 2.07. The summed E-state index contributed by atoms with van der Waals surface area (Å²) in [6.07, 6.45) is 0. The molecule has 8 nitrogen and oxygen atoms in total. The van der Waals surface area contributed by atoms with Crippen LogP contribution in [0.3, 0.4) is 0 Å². The lowest BCUT2D eigenvalue weighted by Crippen LogP contribution is -2.12. The van der Waals surface area contributed by atoms with Gasteiger partial charge in [-0.1, -0.05) is 0 Å². The van der Waals surface area contributed by atoms with Crippen molar-refractivity contribution in [3.05, 3.63) is 17.5 Å². The molecule has 0 spiro atoms. The van der Waals surface area contributed by atoms with E-state index in [1.807, 2.05) is 19.9 Å². The number of ether oxygens (including phenoxy) is 1. The van der Waals surface area contributed by atoms with Gasteiger partial charge in [-0.3, -0.25) is 5.43 Å². The minimum atomic E-state index is 0.176. The fraction of sp³-hybridized carbons (Fsp3) is 0.300. The van der Waals surface area contributed by atoms with Crippen LogP contribution >= 0.6 is 11.8 Å². The number of aromatic nitrogens is 5. The van der Waals surface area contributed by atoms with E-state index in [0.29, 0.717) is 10.3 Å². The van der Waals surface area contributed by atoms with Crippen molar-refractivity contribution in [1.29, 1.82) is 0 Å². The molecule has 2 heterocycles. The van der Waals surface area contributed by atoms with Gasteiger partial charge in [0.15, 0.2) is 5.16 Å². The van der Waals surface area contributed by atoms with Crippen molar-refractivity contribution in [3.8, 4) is 6.01 Å². The maximum Gasteiger partial charge on any atom is 0.322 e. The Morgan fingerprint density at radius 1 is 1.05 bits per heavy atom. The summed E-state index contributed by atoms with van der Waals surface area (Å²) < 4.78 is 4.97. The molecule has 0 aliphatic heterocycles. The fourth-order valence-corrected chi connectivity index (χ4v) is 2.16. The van der Waals surface area contributed by atoms with E-state index in [1.165, 1.54) is 18.9 Å². The molecule has 0 aliphatic rings. The molecule has 2 aromatic rings. The second kappa shape index (κ2) is 5.76. The Bertz CT molecular complexity index is 550. The summed E-state index contributed by atoms with van der Waals surface area (Å²) in [5, 5.41) is 0.971. The van der Waals surface area contributed by atoms with Crippen LogP contribution in [0.4, 0.5) is 5.95 Å². The number of nitrogens with zero attached hydrogens (tertiary/aromatic N) is 5. The van der Waals surface area contributed by atoms with Crippen molar-refractivity contribution < 1.29 is 4.74 Å². The first-order valence-electron chi connectivity index (χ1n) is 5.37. The predicted octanol–water partition coefficient (Wildman–Crippen LogP) is 0.724. The minimum Gasteiger partial charge on any atom is -0.467 e. The monoisotopic (exact) mass is 279 g/mol. The van der Waals surface area contributed by atoms with Crippen LogP contribution in [-0.2, 0) is 0 Å². The zero-order chi connectivity index (χ0) is 13.8. The van der Waals surface area contributed by atoms with Gasteiger partial charge in [0, 0.05) is 11.4 Å². The van der Waals surface area contributed by atoms with E-state index in [9.17, 15) is 0 Å². The number of aryl methyl sites for hydroxylation is 2. The molecule has 2 aromatic heterocycles. The van der Waals surface area contributed by atoms with Gasteiger partial charge in [-0.15, -0.1) is 0 Å².